The van der Waals surface area contributed by atoms with Crippen LogP contribution in [0.4, 0.5) is 0 Å². The van der Waals surface area contributed by atoms with Gasteiger partial charge < -0.3 is 5.32 Å². The number of hydrogen-bond acceptors (Lipinski definition) is 6. The molecular formula is C22H25N5O2S. The minimum absolute atomic E-state index is 0.0172. The molecule has 3 aromatic rings. The maximum Gasteiger partial charge on any atom is 0.216 e. The number of rotatable bonds is 8. The van der Waals surface area contributed by atoms with Crippen LogP contribution in [0.1, 0.15) is 40.9 Å². The van der Waals surface area contributed by atoms with Crippen molar-refractivity contribution in [1.29, 1.82) is 0 Å². The molecule has 2 aromatic carbocycles. The van der Waals surface area contributed by atoms with Gasteiger partial charge in [0.15, 0.2) is 5.78 Å². The predicted octanol–water partition coefficient (Wildman–Crippen LogP) is 3.32. The molecule has 156 valence electrons. The fourth-order valence-electron chi connectivity index (χ4n) is 3.11. The van der Waals surface area contributed by atoms with Crippen LogP contribution in [0.15, 0.2) is 47.6 Å². The molecule has 1 aromatic heterocycles. The highest BCUT2D eigenvalue weighted by Gasteiger charge is 2.21. The summed E-state index contributed by atoms with van der Waals surface area (Å²) in [7, 11) is 0. The molecule has 1 heterocycles. The molecule has 1 N–H and O–H groups in total. The number of carbonyl (C=O) groups is 2. The van der Waals surface area contributed by atoms with E-state index in [9.17, 15) is 9.59 Å². The highest BCUT2D eigenvalue weighted by atomic mass is 32.2. The summed E-state index contributed by atoms with van der Waals surface area (Å²) >= 11 is 1.34. The molecular weight excluding hydrogens is 398 g/mol. The second-order valence-electron chi connectivity index (χ2n) is 7.22. The SMILES string of the molecule is CC(=O)NCCc1ccc(C(=O)C(C)Sc2nnnn2-c2ccc(C)cc2C)cc1. The summed E-state index contributed by atoms with van der Waals surface area (Å²) in [5.74, 6) is -0.0283. The number of aryl methyl sites for hydroxylation is 2. The van der Waals surface area contributed by atoms with Gasteiger partial charge in [0.05, 0.1) is 10.9 Å². The number of Topliss-reactive ketones (excluding diaryl/α,β-unsaturated/α-hetero) is 1. The highest BCUT2D eigenvalue weighted by molar-refractivity contribution is 8.00. The molecule has 0 saturated carbocycles. The zero-order valence-corrected chi connectivity index (χ0v) is 18.4. The minimum atomic E-state index is -0.342. The third-order valence-corrected chi connectivity index (χ3v) is 5.73. The van der Waals surface area contributed by atoms with Crippen LogP contribution >= 0.6 is 11.8 Å². The third kappa shape index (κ3) is 5.33. The van der Waals surface area contributed by atoms with E-state index in [-0.39, 0.29) is 16.9 Å². The molecule has 0 aliphatic heterocycles. The van der Waals surface area contributed by atoms with E-state index < -0.39 is 0 Å². The Labute approximate surface area is 180 Å². The molecule has 1 unspecified atom stereocenters. The zero-order valence-electron chi connectivity index (χ0n) is 17.5. The summed E-state index contributed by atoms with van der Waals surface area (Å²) in [5, 5.41) is 15.0. The first-order valence-electron chi connectivity index (χ1n) is 9.75. The van der Waals surface area contributed by atoms with Crippen molar-refractivity contribution in [2.24, 2.45) is 0 Å². The number of benzene rings is 2. The van der Waals surface area contributed by atoms with Gasteiger partial charge >= 0.3 is 0 Å². The van der Waals surface area contributed by atoms with Gasteiger partial charge in [0.25, 0.3) is 0 Å². The molecule has 0 radical (unpaired) electrons. The molecule has 1 amide bonds. The largest absolute Gasteiger partial charge is 0.356 e. The molecule has 30 heavy (non-hydrogen) atoms. The Morgan fingerprint density at radius 1 is 1.13 bits per heavy atom. The second kappa shape index (κ2) is 9.67. The fourth-order valence-corrected chi connectivity index (χ4v) is 3.99. The Hall–Kier alpha value is -3.00. The lowest BCUT2D eigenvalue weighted by Gasteiger charge is -2.12. The first kappa shape index (κ1) is 21.7. The minimum Gasteiger partial charge on any atom is -0.356 e. The number of tetrazole rings is 1. The molecule has 0 spiro atoms. The molecule has 0 aliphatic rings. The van der Waals surface area contributed by atoms with E-state index in [0.717, 1.165) is 23.2 Å². The van der Waals surface area contributed by atoms with E-state index >= 15 is 0 Å². The van der Waals surface area contributed by atoms with Crippen LogP contribution in [0.2, 0.25) is 0 Å². The zero-order chi connectivity index (χ0) is 21.7. The van der Waals surface area contributed by atoms with Crippen LogP contribution in [0.5, 0.6) is 0 Å². The van der Waals surface area contributed by atoms with Gasteiger partial charge in [0.1, 0.15) is 0 Å². The fraction of sp³-hybridized carbons (Fsp3) is 0.318. The summed E-state index contributed by atoms with van der Waals surface area (Å²) in [5.41, 5.74) is 4.85. The van der Waals surface area contributed by atoms with Crippen LogP contribution in [-0.4, -0.2) is 43.7 Å². The third-order valence-electron chi connectivity index (χ3n) is 4.70. The van der Waals surface area contributed by atoms with Crippen molar-refractivity contribution in [3.8, 4) is 5.69 Å². The monoisotopic (exact) mass is 423 g/mol. The Morgan fingerprint density at radius 2 is 1.87 bits per heavy atom. The van der Waals surface area contributed by atoms with Crippen LogP contribution in [0.25, 0.3) is 5.69 Å². The molecule has 0 fully saturated rings. The number of aromatic nitrogens is 4. The van der Waals surface area contributed by atoms with Gasteiger partial charge in [-0.2, -0.15) is 4.68 Å². The second-order valence-corrected chi connectivity index (χ2v) is 8.53. The summed E-state index contributed by atoms with van der Waals surface area (Å²) in [6, 6.07) is 13.6. The van der Waals surface area contributed by atoms with E-state index in [1.807, 2.05) is 57.2 Å². The normalized spacial score (nSPS) is 11.9. The van der Waals surface area contributed by atoms with Gasteiger partial charge in [-0.25, -0.2) is 0 Å². The van der Waals surface area contributed by atoms with Crippen molar-refractivity contribution in [2.75, 3.05) is 6.54 Å². The molecule has 1 atom stereocenters. The van der Waals surface area contributed by atoms with E-state index in [1.54, 1.807) is 4.68 Å². The van der Waals surface area contributed by atoms with Crippen molar-refractivity contribution in [1.82, 2.24) is 25.5 Å². The summed E-state index contributed by atoms with van der Waals surface area (Å²) < 4.78 is 1.67. The van der Waals surface area contributed by atoms with E-state index in [4.69, 9.17) is 0 Å². The summed E-state index contributed by atoms with van der Waals surface area (Å²) in [6.45, 7) is 7.99. The number of carbonyl (C=O) groups excluding carboxylic acids is 2. The first-order valence-corrected chi connectivity index (χ1v) is 10.6. The lowest BCUT2D eigenvalue weighted by molar-refractivity contribution is -0.118. The van der Waals surface area contributed by atoms with Crippen LogP contribution in [0, 0.1) is 13.8 Å². The van der Waals surface area contributed by atoms with Gasteiger partial charge in [-0.1, -0.05) is 53.7 Å². The molecule has 3 rings (SSSR count). The van der Waals surface area contributed by atoms with Crippen LogP contribution in [0.3, 0.4) is 0 Å². The molecule has 0 saturated heterocycles. The standard InChI is InChI=1S/C22H25N5O2S/c1-14-5-10-20(15(2)13-14)27-22(24-25-26-27)30-16(3)21(29)19-8-6-18(7-9-19)11-12-23-17(4)28/h5-10,13,16H,11-12H2,1-4H3,(H,23,28). The number of nitrogens with zero attached hydrogens (tertiary/aromatic N) is 4. The van der Waals surface area contributed by atoms with Crippen molar-refractivity contribution >= 4 is 23.5 Å². The van der Waals surface area contributed by atoms with Crippen LogP contribution in [-0.2, 0) is 11.2 Å². The molecule has 7 nitrogen and oxygen atoms in total. The Bertz CT molecular complexity index is 1050. The quantitative estimate of drug-likeness (QED) is 0.442. The van der Waals surface area contributed by atoms with Crippen molar-refractivity contribution < 1.29 is 9.59 Å². The Kier molecular flexibility index (Phi) is 6.99. The number of ketones is 1. The predicted molar refractivity (Wildman–Crippen MR) is 117 cm³/mol. The molecule has 0 aliphatic carbocycles. The number of amides is 1. The maximum atomic E-state index is 12.9. The van der Waals surface area contributed by atoms with Crippen molar-refractivity contribution in [3.05, 3.63) is 64.7 Å². The van der Waals surface area contributed by atoms with Crippen molar-refractivity contribution in [3.63, 3.8) is 0 Å². The van der Waals surface area contributed by atoms with E-state index in [0.29, 0.717) is 17.3 Å². The van der Waals surface area contributed by atoms with Crippen molar-refractivity contribution in [2.45, 2.75) is 44.5 Å². The molecule has 8 heteroatoms. The number of nitrogens with one attached hydrogen (secondary N) is 1. The van der Waals surface area contributed by atoms with Gasteiger partial charge in [-0.15, -0.1) is 5.10 Å². The van der Waals surface area contributed by atoms with Crippen LogP contribution < -0.4 is 5.32 Å². The first-order chi connectivity index (χ1) is 14.3. The average Bonchev–Trinajstić information content (AvgIpc) is 3.15. The molecule has 0 bridgehead atoms. The topological polar surface area (TPSA) is 89.8 Å². The average molecular weight is 424 g/mol. The number of thioether (sulfide) groups is 1. The summed E-state index contributed by atoms with van der Waals surface area (Å²) in [6.07, 6.45) is 0.725. The van der Waals surface area contributed by atoms with E-state index in [1.165, 1.54) is 24.2 Å². The smallest absolute Gasteiger partial charge is 0.216 e. The lowest BCUT2D eigenvalue weighted by atomic mass is 10.0. The number of hydrogen-bond donors (Lipinski definition) is 1. The van der Waals surface area contributed by atoms with Gasteiger partial charge in [0.2, 0.25) is 11.1 Å². The Balaban J connectivity index is 1.68. The van der Waals surface area contributed by atoms with Gasteiger partial charge in [0, 0.05) is 19.0 Å². The summed E-state index contributed by atoms with van der Waals surface area (Å²) in [4.78, 5) is 23.8. The van der Waals surface area contributed by atoms with Gasteiger partial charge in [-0.05, 0) is 54.8 Å². The van der Waals surface area contributed by atoms with E-state index in [2.05, 4.69) is 26.9 Å². The Morgan fingerprint density at radius 3 is 2.53 bits per heavy atom. The maximum absolute atomic E-state index is 12.9. The highest BCUT2D eigenvalue weighted by Crippen LogP contribution is 2.26. The lowest BCUT2D eigenvalue weighted by Crippen LogP contribution is -2.22. The van der Waals surface area contributed by atoms with Gasteiger partial charge in [-0.3, -0.25) is 9.59 Å².